The van der Waals surface area contributed by atoms with Crippen LogP contribution in [0.3, 0.4) is 0 Å². The number of hydrogen-bond acceptors (Lipinski definition) is 5. The summed E-state index contributed by atoms with van der Waals surface area (Å²) in [6.45, 7) is 0. The fourth-order valence-corrected chi connectivity index (χ4v) is 12.5. The van der Waals surface area contributed by atoms with Gasteiger partial charge < -0.3 is 14.4 Å². The van der Waals surface area contributed by atoms with Gasteiger partial charge in [0, 0.05) is 89.6 Å². The third-order valence-corrected chi connectivity index (χ3v) is 16.2. The molecule has 0 N–H and O–H groups in total. The van der Waals surface area contributed by atoms with Crippen molar-refractivity contribution in [3.63, 3.8) is 0 Å². The molecule has 0 spiro atoms. The predicted molar refractivity (Wildman–Crippen MR) is 349 cm³/mol. The minimum Gasteiger partial charge on any atom is -0.310 e. The number of nitrogens with zero attached hydrogens (tertiary/aromatic N) is 8. The number of anilines is 9. The summed E-state index contributed by atoms with van der Waals surface area (Å²) in [5.41, 5.74) is 15.7. The molecule has 0 aliphatic rings. The molecule has 396 valence electrons. The zero-order valence-corrected chi connectivity index (χ0v) is 45.6. The SMILES string of the molecule is c1ccc(N(c2ccccc2)c2ccc3c(c2)c2ccccc2n3-c2cc(-n3c4ccccc4c4cc(N(c5ccccc5)c5ccccc5)ccc43)nc(N(c3ccccc3)c3ccc4c(c3)c3ccccc3n4-c3ccccc3)n2)cc1. The highest BCUT2D eigenvalue weighted by atomic mass is 15.3. The maximum atomic E-state index is 5.79. The highest BCUT2D eigenvalue weighted by molar-refractivity contribution is 6.13. The van der Waals surface area contributed by atoms with Gasteiger partial charge in [-0.05, 0) is 146 Å². The topological polar surface area (TPSA) is 50.3 Å². The van der Waals surface area contributed by atoms with E-state index in [2.05, 4.69) is 344 Å². The van der Waals surface area contributed by atoms with Crippen LogP contribution in [-0.4, -0.2) is 23.7 Å². The van der Waals surface area contributed by atoms with Crippen molar-refractivity contribution in [3.8, 4) is 17.3 Å². The van der Waals surface area contributed by atoms with E-state index in [4.69, 9.17) is 9.97 Å². The summed E-state index contributed by atoms with van der Waals surface area (Å²) < 4.78 is 7.00. The molecule has 0 fully saturated rings. The fraction of sp³-hybridized carbons (Fsp3) is 0. The maximum Gasteiger partial charge on any atom is 0.238 e. The molecule has 12 aromatic carbocycles. The number of hydrogen-bond donors (Lipinski definition) is 0. The lowest BCUT2D eigenvalue weighted by atomic mass is 10.1. The van der Waals surface area contributed by atoms with Crippen molar-refractivity contribution in [2.45, 2.75) is 0 Å². The lowest BCUT2D eigenvalue weighted by Gasteiger charge is -2.26. The number of para-hydroxylation sites is 9. The monoisotopic (exact) mass is 1080 g/mol. The van der Waals surface area contributed by atoms with E-state index in [1.807, 2.05) is 0 Å². The van der Waals surface area contributed by atoms with Gasteiger partial charge in [-0.2, -0.15) is 9.97 Å². The van der Waals surface area contributed by atoms with E-state index in [0.29, 0.717) is 5.95 Å². The van der Waals surface area contributed by atoms with E-state index in [0.717, 1.165) is 128 Å². The Morgan fingerprint density at radius 3 is 0.845 bits per heavy atom. The molecule has 4 heterocycles. The molecule has 0 aliphatic carbocycles. The number of benzene rings is 12. The Morgan fingerprint density at radius 1 is 0.202 bits per heavy atom. The van der Waals surface area contributed by atoms with Crippen LogP contribution >= 0.6 is 0 Å². The second-order valence-corrected chi connectivity index (χ2v) is 21.1. The lowest BCUT2D eigenvalue weighted by Crippen LogP contribution is -2.16. The Hall–Kier alpha value is -11.5. The Labute approximate surface area is 485 Å². The number of rotatable bonds is 12. The first-order valence-electron chi connectivity index (χ1n) is 28.4. The lowest BCUT2D eigenvalue weighted by molar-refractivity contribution is 0.967. The van der Waals surface area contributed by atoms with Gasteiger partial charge in [-0.15, -0.1) is 0 Å². The minimum atomic E-state index is 0.517. The molecule has 8 nitrogen and oxygen atoms in total. The van der Waals surface area contributed by atoms with Crippen molar-refractivity contribution in [2.75, 3.05) is 14.7 Å². The molecule has 0 radical (unpaired) electrons. The molecule has 16 rings (SSSR count). The highest BCUT2D eigenvalue weighted by Crippen LogP contribution is 2.45. The van der Waals surface area contributed by atoms with Gasteiger partial charge in [0.15, 0.2) is 0 Å². The highest BCUT2D eigenvalue weighted by Gasteiger charge is 2.26. The zero-order valence-electron chi connectivity index (χ0n) is 45.6. The van der Waals surface area contributed by atoms with Gasteiger partial charge in [-0.25, -0.2) is 0 Å². The van der Waals surface area contributed by atoms with E-state index in [1.54, 1.807) is 0 Å². The van der Waals surface area contributed by atoms with Crippen molar-refractivity contribution in [2.24, 2.45) is 0 Å². The summed E-state index contributed by atoms with van der Waals surface area (Å²) in [6, 6.07) is 112. The molecule has 0 amide bonds. The van der Waals surface area contributed by atoms with Gasteiger partial charge in [0.2, 0.25) is 5.95 Å². The Morgan fingerprint density at radius 2 is 0.476 bits per heavy atom. The molecule has 4 aromatic heterocycles. The quantitative estimate of drug-likeness (QED) is 0.122. The van der Waals surface area contributed by atoms with Crippen molar-refractivity contribution >= 4 is 117 Å². The van der Waals surface area contributed by atoms with Crippen molar-refractivity contribution in [1.29, 1.82) is 0 Å². The predicted octanol–water partition coefficient (Wildman–Crippen LogP) is 20.2. The van der Waals surface area contributed by atoms with Crippen LogP contribution in [0.5, 0.6) is 0 Å². The average Bonchev–Trinajstić information content (AvgIpc) is 2.36. The summed E-state index contributed by atoms with van der Waals surface area (Å²) in [7, 11) is 0. The van der Waals surface area contributed by atoms with Crippen LogP contribution in [0.2, 0.25) is 0 Å². The fourth-order valence-electron chi connectivity index (χ4n) is 12.5. The summed E-state index contributed by atoms with van der Waals surface area (Å²) in [5, 5.41) is 6.72. The normalized spacial score (nSPS) is 11.6. The van der Waals surface area contributed by atoms with Crippen molar-refractivity contribution in [3.05, 3.63) is 315 Å². The maximum absolute atomic E-state index is 5.79. The molecule has 16 aromatic rings. The molecular weight excluding hydrogens is 1020 g/mol. The van der Waals surface area contributed by atoms with Gasteiger partial charge in [0.05, 0.1) is 33.1 Å². The molecule has 0 saturated heterocycles. The smallest absolute Gasteiger partial charge is 0.238 e. The molecule has 0 atom stereocenters. The molecule has 0 bridgehead atoms. The van der Waals surface area contributed by atoms with E-state index >= 15 is 0 Å². The molecular formula is C76H52N8. The van der Waals surface area contributed by atoms with Gasteiger partial charge >= 0.3 is 0 Å². The second-order valence-electron chi connectivity index (χ2n) is 21.1. The van der Waals surface area contributed by atoms with Crippen LogP contribution in [0.25, 0.3) is 82.7 Å². The first-order valence-corrected chi connectivity index (χ1v) is 28.4. The third kappa shape index (κ3) is 8.15. The second kappa shape index (κ2) is 20.3. The zero-order chi connectivity index (χ0) is 55.5. The standard InChI is InChI=1S/C76H52N8/c1-7-25-53(26-8-1)79(54-27-9-2-10-28-54)59-43-47-72-66(49-59)63-38-20-23-41-69(63)83(72)74-52-75(84-70-42-24-21-39-64(70)67-50-60(44-48-73(67)84)80(55-29-11-3-12-30-55)56-31-13-4-14-32-56)78-76(77-74)81(57-33-15-5-16-34-57)61-45-46-71-65(51-61)62-37-19-22-40-68(62)82(71)58-35-17-6-18-36-58/h1-52H. The van der Waals surface area contributed by atoms with E-state index in [9.17, 15) is 0 Å². The van der Waals surface area contributed by atoms with Crippen LogP contribution in [0.15, 0.2) is 315 Å². The molecule has 0 saturated carbocycles. The van der Waals surface area contributed by atoms with Crippen LogP contribution < -0.4 is 14.7 Å². The molecule has 0 unspecified atom stereocenters. The molecule has 8 heteroatoms. The van der Waals surface area contributed by atoms with Crippen molar-refractivity contribution in [1.82, 2.24) is 23.7 Å². The first kappa shape index (κ1) is 48.4. The minimum absolute atomic E-state index is 0.517. The van der Waals surface area contributed by atoms with Gasteiger partial charge in [-0.3, -0.25) is 14.0 Å². The van der Waals surface area contributed by atoms with Crippen LogP contribution in [0.4, 0.5) is 51.4 Å². The molecule has 84 heavy (non-hydrogen) atoms. The summed E-state index contributed by atoms with van der Waals surface area (Å²) in [5.74, 6) is 1.96. The molecule has 0 aliphatic heterocycles. The van der Waals surface area contributed by atoms with Gasteiger partial charge in [0.1, 0.15) is 11.6 Å². The van der Waals surface area contributed by atoms with Crippen molar-refractivity contribution < 1.29 is 0 Å². The summed E-state index contributed by atoms with van der Waals surface area (Å²) >= 11 is 0. The first-order chi connectivity index (χ1) is 41.7. The third-order valence-electron chi connectivity index (χ3n) is 16.2. The van der Waals surface area contributed by atoms with Crippen LogP contribution in [0.1, 0.15) is 0 Å². The average molecular weight is 1080 g/mol. The van der Waals surface area contributed by atoms with Crippen LogP contribution in [-0.2, 0) is 0 Å². The van der Waals surface area contributed by atoms with E-state index in [-0.39, 0.29) is 0 Å². The number of fused-ring (bicyclic) bond motifs is 9. The Kier molecular flexibility index (Phi) is 11.7. The van der Waals surface area contributed by atoms with Gasteiger partial charge in [0.25, 0.3) is 0 Å². The van der Waals surface area contributed by atoms with E-state index < -0.39 is 0 Å². The van der Waals surface area contributed by atoms with E-state index in [1.165, 1.54) is 0 Å². The number of aromatic nitrogens is 5. The van der Waals surface area contributed by atoms with Crippen LogP contribution in [0, 0.1) is 0 Å². The van der Waals surface area contributed by atoms with Gasteiger partial charge in [-0.1, -0.05) is 164 Å². The Bertz CT molecular complexity index is 4780. The summed E-state index contributed by atoms with van der Waals surface area (Å²) in [6.07, 6.45) is 0. The summed E-state index contributed by atoms with van der Waals surface area (Å²) in [4.78, 5) is 18.5. The largest absolute Gasteiger partial charge is 0.310 e. The Balaban J connectivity index is 0.959.